The Morgan fingerprint density at radius 3 is 3.00 bits per heavy atom. The van der Waals surface area contributed by atoms with Crippen molar-refractivity contribution in [2.45, 2.75) is 0 Å². The fourth-order valence-electron chi connectivity index (χ4n) is 0.548. The van der Waals surface area contributed by atoms with Crippen LogP contribution in [0.3, 0.4) is 0 Å². The van der Waals surface area contributed by atoms with E-state index in [0.717, 1.165) is 5.56 Å². The molecule has 3 heteroatoms. The Labute approximate surface area is 63.0 Å². The van der Waals surface area contributed by atoms with E-state index in [1.54, 1.807) is 17.4 Å². The number of hydrogen-bond donors (Lipinski definition) is 1. The number of carbonyl (C=O) groups is 1. The van der Waals surface area contributed by atoms with Gasteiger partial charge in [0.05, 0.1) is 0 Å². The van der Waals surface area contributed by atoms with Crippen molar-refractivity contribution in [3.63, 3.8) is 0 Å². The lowest BCUT2D eigenvalue weighted by atomic mass is 10.3. The summed E-state index contributed by atoms with van der Waals surface area (Å²) in [7, 11) is 0. The van der Waals surface area contributed by atoms with Gasteiger partial charge in [-0.3, -0.25) is 4.79 Å². The maximum atomic E-state index is 10.2. The van der Waals surface area contributed by atoms with Crippen LogP contribution in [0, 0.1) is 0 Å². The molecule has 0 aliphatic rings. The predicted octanol–water partition coefficient (Wildman–Crippen LogP) is 1.25. The van der Waals surface area contributed by atoms with Crippen LogP contribution in [0.25, 0.3) is 6.08 Å². The third-order valence-corrected chi connectivity index (χ3v) is 1.68. The number of hydrogen-bond acceptors (Lipinski definition) is 2. The predicted molar refractivity (Wildman–Crippen MR) is 42.5 cm³/mol. The lowest BCUT2D eigenvalue weighted by Gasteiger charge is -1.79. The molecule has 0 atom stereocenters. The Morgan fingerprint density at radius 2 is 2.50 bits per heavy atom. The van der Waals surface area contributed by atoms with Gasteiger partial charge in [-0.2, -0.15) is 11.3 Å². The molecule has 0 fully saturated rings. The molecule has 0 radical (unpaired) electrons. The minimum absolute atomic E-state index is 0.411. The number of thiophene rings is 1. The first-order valence-electron chi connectivity index (χ1n) is 2.79. The summed E-state index contributed by atoms with van der Waals surface area (Å²) in [6.07, 6.45) is 3.04. The molecule has 1 rings (SSSR count). The van der Waals surface area contributed by atoms with E-state index in [1.165, 1.54) is 6.08 Å². The molecular weight excluding hydrogens is 146 g/mol. The van der Waals surface area contributed by atoms with Gasteiger partial charge in [-0.15, -0.1) is 0 Å². The zero-order chi connectivity index (χ0) is 7.40. The summed E-state index contributed by atoms with van der Waals surface area (Å²) in [5.41, 5.74) is 5.90. The van der Waals surface area contributed by atoms with Crippen LogP contribution in [0.5, 0.6) is 0 Å². The number of nitrogens with two attached hydrogens (primary N) is 1. The molecule has 0 aliphatic heterocycles. The number of carbonyl (C=O) groups excluding carboxylic acids is 1. The lowest BCUT2D eigenvalue weighted by Crippen LogP contribution is -2.04. The highest BCUT2D eigenvalue weighted by atomic mass is 32.1. The normalized spacial score (nSPS) is 10.4. The van der Waals surface area contributed by atoms with Crippen LogP contribution in [-0.4, -0.2) is 5.91 Å². The van der Waals surface area contributed by atoms with Gasteiger partial charge >= 0.3 is 0 Å². The zero-order valence-corrected chi connectivity index (χ0v) is 6.10. The molecule has 0 aromatic carbocycles. The lowest BCUT2D eigenvalue weighted by molar-refractivity contribution is -0.113. The average molecular weight is 153 g/mol. The fraction of sp³-hybridized carbons (Fsp3) is 0. The highest BCUT2D eigenvalue weighted by Crippen LogP contribution is 2.06. The van der Waals surface area contributed by atoms with Gasteiger partial charge in [-0.05, 0) is 28.5 Å². The van der Waals surface area contributed by atoms with E-state index in [9.17, 15) is 4.79 Å². The Bertz CT molecular complexity index is 238. The largest absolute Gasteiger partial charge is 0.366 e. The van der Waals surface area contributed by atoms with E-state index in [2.05, 4.69) is 0 Å². The molecule has 1 aromatic rings. The van der Waals surface area contributed by atoms with Crippen LogP contribution in [0.4, 0.5) is 0 Å². The number of rotatable bonds is 2. The van der Waals surface area contributed by atoms with Gasteiger partial charge in [-0.25, -0.2) is 0 Å². The van der Waals surface area contributed by atoms with Crippen molar-refractivity contribution in [2.75, 3.05) is 0 Å². The van der Waals surface area contributed by atoms with Gasteiger partial charge in [0, 0.05) is 6.08 Å². The van der Waals surface area contributed by atoms with E-state index in [4.69, 9.17) is 5.73 Å². The van der Waals surface area contributed by atoms with Crippen molar-refractivity contribution in [3.05, 3.63) is 28.5 Å². The molecular formula is C7H7NOS. The highest BCUT2D eigenvalue weighted by molar-refractivity contribution is 7.08. The smallest absolute Gasteiger partial charge is 0.241 e. The number of primary amides is 1. The Hall–Kier alpha value is -1.09. The monoisotopic (exact) mass is 153 g/mol. The second-order valence-electron chi connectivity index (χ2n) is 1.79. The van der Waals surface area contributed by atoms with Crippen LogP contribution in [0.15, 0.2) is 22.9 Å². The van der Waals surface area contributed by atoms with E-state index >= 15 is 0 Å². The van der Waals surface area contributed by atoms with Gasteiger partial charge in [-0.1, -0.05) is 0 Å². The van der Waals surface area contributed by atoms with Gasteiger partial charge in [0.2, 0.25) is 5.91 Å². The maximum absolute atomic E-state index is 10.2. The average Bonchev–Trinajstić information content (AvgIpc) is 2.34. The quantitative estimate of drug-likeness (QED) is 0.638. The first-order valence-corrected chi connectivity index (χ1v) is 3.73. The molecule has 1 amide bonds. The molecule has 1 heterocycles. The van der Waals surface area contributed by atoms with Crippen LogP contribution in [0.2, 0.25) is 0 Å². The third-order valence-electron chi connectivity index (χ3n) is 0.983. The first kappa shape index (κ1) is 7.02. The molecule has 2 N–H and O–H groups in total. The van der Waals surface area contributed by atoms with E-state index < -0.39 is 5.91 Å². The van der Waals surface area contributed by atoms with Crippen molar-refractivity contribution in [2.24, 2.45) is 5.73 Å². The van der Waals surface area contributed by atoms with E-state index in [1.807, 2.05) is 16.8 Å². The van der Waals surface area contributed by atoms with Crippen LogP contribution in [0.1, 0.15) is 5.56 Å². The van der Waals surface area contributed by atoms with E-state index in [0.29, 0.717) is 0 Å². The summed E-state index contributed by atoms with van der Waals surface area (Å²) in [5, 5.41) is 3.89. The molecule has 52 valence electrons. The maximum Gasteiger partial charge on any atom is 0.241 e. The fourth-order valence-corrected chi connectivity index (χ4v) is 1.18. The Kier molecular flexibility index (Phi) is 2.23. The molecule has 0 saturated carbocycles. The second-order valence-corrected chi connectivity index (χ2v) is 2.57. The van der Waals surface area contributed by atoms with Crippen LogP contribution < -0.4 is 5.73 Å². The van der Waals surface area contributed by atoms with Crippen molar-refractivity contribution < 1.29 is 4.79 Å². The summed E-state index contributed by atoms with van der Waals surface area (Å²) in [6, 6.07) is 1.92. The molecule has 0 bridgehead atoms. The molecule has 1 aromatic heterocycles. The van der Waals surface area contributed by atoms with Crippen molar-refractivity contribution >= 4 is 23.3 Å². The third kappa shape index (κ3) is 2.03. The summed E-state index contributed by atoms with van der Waals surface area (Å²) in [6.45, 7) is 0. The van der Waals surface area contributed by atoms with Crippen LogP contribution >= 0.6 is 11.3 Å². The van der Waals surface area contributed by atoms with Gasteiger partial charge in [0.1, 0.15) is 0 Å². The Morgan fingerprint density at radius 1 is 1.70 bits per heavy atom. The van der Waals surface area contributed by atoms with Crippen molar-refractivity contribution in [3.8, 4) is 0 Å². The SMILES string of the molecule is NC(=O)C=Cc1ccsc1. The molecule has 0 aliphatic carbocycles. The number of amides is 1. The first-order chi connectivity index (χ1) is 4.79. The minimum atomic E-state index is -0.411. The summed E-state index contributed by atoms with van der Waals surface area (Å²) >= 11 is 1.59. The Balaban J connectivity index is 2.64. The second kappa shape index (κ2) is 3.17. The van der Waals surface area contributed by atoms with Gasteiger partial charge in [0.15, 0.2) is 0 Å². The zero-order valence-electron chi connectivity index (χ0n) is 5.28. The topological polar surface area (TPSA) is 43.1 Å². The minimum Gasteiger partial charge on any atom is -0.366 e. The molecule has 0 unspecified atom stereocenters. The van der Waals surface area contributed by atoms with E-state index in [-0.39, 0.29) is 0 Å². The van der Waals surface area contributed by atoms with Gasteiger partial charge < -0.3 is 5.73 Å². The molecule has 10 heavy (non-hydrogen) atoms. The van der Waals surface area contributed by atoms with Gasteiger partial charge in [0.25, 0.3) is 0 Å². The highest BCUT2D eigenvalue weighted by Gasteiger charge is 1.85. The van der Waals surface area contributed by atoms with Crippen molar-refractivity contribution in [1.82, 2.24) is 0 Å². The summed E-state index contributed by atoms with van der Waals surface area (Å²) in [5.74, 6) is -0.411. The molecule has 0 saturated heterocycles. The molecule has 0 spiro atoms. The standard InChI is InChI=1S/C7H7NOS/c8-7(9)2-1-6-3-4-10-5-6/h1-5H,(H2,8,9). The molecule has 2 nitrogen and oxygen atoms in total. The summed E-state index contributed by atoms with van der Waals surface area (Å²) < 4.78 is 0. The van der Waals surface area contributed by atoms with Crippen molar-refractivity contribution in [1.29, 1.82) is 0 Å². The van der Waals surface area contributed by atoms with Crippen LogP contribution in [-0.2, 0) is 4.79 Å². The summed E-state index contributed by atoms with van der Waals surface area (Å²) in [4.78, 5) is 10.2.